The van der Waals surface area contributed by atoms with Gasteiger partial charge in [0.05, 0.1) is 0 Å². The van der Waals surface area contributed by atoms with Crippen molar-refractivity contribution in [1.29, 1.82) is 0 Å². The average molecular weight is 240 g/mol. The van der Waals surface area contributed by atoms with Crippen molar-refractivity contribution in [2.75, 3.05) is 13.2 Å². The van der Waals surface area contributed by atoms with Gasteiger partial charge in [-0.1, -0.05) is 19.8 Å². The van der Waals surface area contributed by atoms with Gasteiger partial charge in [-0.25, -0.2) is 4.79 Å². The maximum Gasteiger partial charge on any atom is 0.325 e. The molecule has 1 aliphatic heterocycles. The van der Waals surface area contributed by atoms with Crippen molar-refractivity contribution < 1.29 is 14.7 Å². The van der Waals surface area contributed by atoms with Crippen LogP contribution in [0.1, 0.15) is 39.0 Å². The summed E-state index contributed by atoms with van der Waals surface area (Å²) in [6.45, 7) is 2.63. The second kappa shape index (κ2) is 4.64. The number of aliphatic hydroxyl groups excluding tert-OH is 1. The Labute approximate surface area is 101 Å². The van der Waals surface area contributed by atoms with Crippen LogP contribution in [-0.2, 0) is 4.79 Å². The summed E-state index contributed by atoms with van der Waals surface area (Å²) in [5, 5.41) is 11.3. The van der Waals surface area contributed by atoms with Crippen LogP contribution in [0.5, 0.6) is 0 Å². The van der Waals surface area contributed by atoms with E-state index in [4.69, 9.17) is 5.11 Å². The van der Waals surface area contributed by atoms with Crippen LogP contribution in [0.2, 0.25) is 0 Å². The first-order valence-electron chi connectivity index (χ1n) is 6.34. The number of aliphatic hydroxyl groups is 1. The summed E-state index contributed by atoms with van der Waals surface area (Å²) in [6.07, 6.45) is 4.13. The Kier molecular flexibility index (Phi) is 3.38. The molecule has 2 N–H and O–H groups in total. The summed E-state index contributed by atoms with van der Waals surface area (Å²) in [4.78, 5) is 25.5. The molecular formula is C12H20N2O3. The maximum absolute atomic E-state index is 12.0. The number of amides is 3. The lowest BCUT2D eigenvalue weighted by atomic mass is 9.75. The Bertz CT molecular complexity index is 332. The van der Waals surface area contributed by atoms with Gasteiger partial charge >= 0.3 is 6.03 Å². The molecule has 5 nitrogen and oxygen atoms in total. The molecule has 1 heterocycles. The van der Waals surface area contributed by atoms with Gasteiger partial charge in [0.15, 0.2) is 0 Å². The fourth-order valence-electron chi connectivity index (χ4n) is 3.12. The Morgan fingerprint density at radius 2 is 2.29 bits per heavy atom. The van der Waals surface area contributed by atoms with Crippen molar-refractivity contribution in [3.05, 3.63) is 0 Å². The molecule has 1 saturated carbocycles. The van der Waals surface area contributed by atoms with Gasteiger partial charge in [-0.05, 0) is 25.2 Å². The molecule has 2 fully saturated rings. The van der Waals surface area contributed by atoms with Crippen LogP contribution >= 0.6 is 0 Å². The fourth-order valence-corrected chi connectivity index (χ4v) is 3.12. The molecule has 2 unspecified atom stereocenters. The minimum absolute atomic E-state index is 0.0452. The minimum atomic E-state index is -0.635. The molecule has 0 radical (unpaired) electrons. The lowest BCUT2D eigenvalue weighted by molar-refractivity contribution is -0.129. The summed E-state index contributed by atoms with van der Waals surface area (Å²) < 4.78 is 0. The molecule has 0 aromatic rings. The van der Waals surface area contributed by atoms with Crippen molar-refractivity contribution in [3.63, 3.8) is 0 Å². The van der Waals surface area contributed by atoms with E-state index in [1.54, 1.807) is 4.90 Å². The number of nitrogens with zero attached hydrogens (tertiary/aromatic N) is 1. The monoisotopic (exact) mass is 240 g/mol. The van der Waals surface area contributed by atoms with Crippen LogP contribution in [-0.4, -0.2) is 40.6 Å². The highest BCUT2D eigenvalue weighted by molar-refractivity contribution is 6.07. The molecular weight excluding hydrogens is 220 g/mol. The van der Waals surface area contributed by atoms with Crippen LogP contribution in [0.25, 0.3) is 0 Å². The third-order valence-corrected chi connectivity index (χ3v) is 3.92. The van der Waals surface area contributed by atoms with Gasteiger partial charge < -0.3 is 10.0 Å². The predicted octanol–water partition coefficient (Wildman–Crippen LogP) is 0.869. The molecule has 1 aliphatic carbocycles. The smallest absolute Gasteiger partial charge is 0.325 e. The summed E-state index contributed by atoms with van der Waals surface area (Å²) in [5.74, 6) is 0.323. The maximum atomic E-state index is 12.0. The molecule has 1 saturated heterocycles. The van der Waals surface area contributed by atoms with Gasteiger partial charge in [-0.2, -0.15) is 0 Å². The minimum Gasteiger partial charge on any atom is -0.396 e. The lowest BCUT2D eigenvalue weighted by Crippen LogP contribution is -2.52. The van der Waals surface area contributed by atoms with E-state index in [9.17, 15) is 9.59 Å². The largest absolute Gasteiger partial charge is 0.396 e. The number of carbonyl (C=O) groups excluding carboxylic acids is 2. The SMILES string of the molecule is CC1CCCC2(C1)C(=O)NC(=O)N2CCCO. The first kappa shape index (κ1) is 12.4. The predicted molar refractivity (Wildman–Crippen MR) is 62.3 cm³/mol. The van der Waals surface area contributed by atoms with E-state index in [0.29, 0.717) is 18.9 Å². The average Bonchev–Trinajstić information content (AvgIpc) is 2.49. The molecule has 17 heavy (non-hydrogen) atoms. The molecule has 5 heteroatoms. The number of hydrogen-bond acceptors (Lipinski definition) is 3. The van der Waals surface area contributed by atoms with Gasteiger partial charge in [-0.15, -0.1) is 0 Å². The van der Waals surface area contributed by atoms with E-state index < -0.39 is 5.54 Å². The summed E-state index contributed by atoms with van der Waals surface area (Å²) in [7, 11) is 0. The van der Waals surface area contributed by atoms with E-state index in [1.807, 2.05) is 0 Å². The van der Waals surface area contributed by atoms with Crippen molar-refractivity contribution in [2.45, 2.75) is 44.6 Å². The topological polar surface area (TPSA) is 69.6 Å². The summed E-state index contributed by atoms with van der Waals surface area (Å²) in [5.41, 5.74) is -0.635. The highest BCUT2D eigenvalue weighted by atomic mass is 16.3. The van der Waals surface area contributed by atoms with Gasteiger partial charge in [0.25, 0.3) is 5.91 Å². The number of imide groups is 1. The highest BCUT2D eigenvalue weighted by Gasteiger charge is 2.53. The van der Waals surface area contributed by atoms with E-state index >= 15 is 0 Å². The number of urea groups is 1. The third-order valence-electron chi connectivity index (χ3n) is 3.92. The standard InChI is InChI=1S/C12H20N2O3/c1-9-4-2-5-12(8-9)10(16)13-11(17)14(12)6-3-7-15/h9,15H,2-8H2,1H3,(H,13,16,17). The Hall–Kier alpha value is -1.10. The van der Waals surface area contributed by atoms with Crippen LogP contribution in [0.3, 0.4) is 0 Å². The lowest BCUT2D eigenvalue weighted by Gasteiger charge is -2.40. The van der Waals surface area contributed by atoms with Crippen LogP contribution < -0.4 is 5.32 Å². The zero-order valence-electron chi connectivity index (χ0n) is 10.2. The van der Waals surface area contributed by atoms with Crippen molar-refractivity contribution in [1.82, 2.24) is 10.2 Å². The van der Waals surface area contributed by atoms with Gasteiger partial charge in [0, 0.05) is 13.2 Å². The molecule has 2 rings (SSSR count). The zero-order valence-corrected chi connectivity index (χ0v) is 10.2. The van der Waals surface area contributed by atoms with E-state index in [2.05, 4.69) is 12.2 Å². The highest BCUT2D eigenvalue weighted by Crippen LogP contribution is 2.39. The second-order valence-electron chi connectivity index (χ2n) is 5.22. The summed E-state index contributed by atoms with van der Waals surface area (Å²) >= 11 is 0. The van der Waals surface area contributed by atoms with Crippen molar-refractivity contribution in [3.8, 4) is 0 Å². The number of hydrogen-bond donors (Lipinski definition) is 2. The molecule has 2 aliphatic rings. The molecule has 2 atom stereocenters. The number of carbonyl (C=O) groups is 2. The van der Waals surface area contributed by atoms with Gasteiger partial charge in [0.2, 0.25) is 0 Å². The third kappa shape index (κ3) is 2.04. The Morgan fingerprint density at radius 1 is 1.53 bits per heavy atom. The molecule has 1 spiro atoms. The zero-order chi connectivity index (χ0) is 12.5. The van der Waals surface area contributed by atoms with Gasteiger partial charge in [0.1, 0.15) is 5.54 Å². The van der Waals surface area contributed by atoms with Crippen molar-refractivity contribution in [2.24, 2.45) is 5.92 Å². The normalized spacial score (nSPS) is 33.3. The molecule has 3 amide bonds. The van der Waals surface area contributed by atoms with Crippen LogP contribution in [0.15, 0.2) is 0 Å². The van der Waals surface area contributed by atoms with Crippen LogP contribution in [0.4, 0.5) is 4.79 Å². The van der Waals surface area contributed by atoms with Crippen LogP contribution in [0, 0.1) is 5.92 Å². The van der Waals surface area contributed by atoms with E-state index in [-0.39, 0.29) is 18.5 Å². The number of rotatable bonds is 3. The van der Waals surface area contributed by atoms with Crippen molar-refractivity contribution >= 4 is 11.9 Å². The van der Waals surface area contributed by atoms with Gasteiger partial charge in [-0.3, -0.25) is 10.1 Å². The Morgan fingerprint density at radius 3 is 2.94 bits per heavy atom. The quantitative estimate of drug-likeness (QED) is 0.719. The molecule has 0 aromatic carbocycles. The summed E-state index contributed by atoms with van der Waals surface area (Å²) in [6, 6.07) is -0.294. The molecule has 0 aromatic heterocycles. The molecule has 96 valence electrons. The molecule has 0 bridgehead atoms. The number of nitrogens with one attached hydrogen (secondary N) is 1. The van der Waals surface area contributed by atoms with E-state index in [1.165, 1.54) is 0 Å². The second-order valence-corrected chi connectivity index (χ2v) is 5.22. The first-order chi connectivity index (χ1) is 8.10. The Balaban J connectivity index is 2.20. The first-order valence-corrected chi connectivity index (χ1v) is 6.34. The van der Waals surface area contributed by atoms with E-state index in [0.717, 1.165) is 25.7 Å². The fraction of sp³-hybridized carbons (Fsp3) is 0.833.